The second-order valence-corrected chi connectivity index (χ2v) is 6.18. The summed E-state index contributed by atoms with van der Waals surface area (Å²) < 4.78 is 6.41. The fraction of sp³-hybridized carbons (Fsp3) is 0.235. The minimum atomic E-state index is -0.378. The Hall–Kier alpha value is -1.56. The zero-order valence-electron chi connectivity index (χ0n) is 11.9. The van der Waals surface area contributed by atoms with E-state index in [4.69, 9.17) is 4.74 Å². The Morgan fingerprint density at radius 2 is 1.76 bits per heavy atom. The molecule has 0 fully saturated rings. The molecule has 4 heteroatoms. The first-order chi connectivity index (χ1) is 10.1. The van der Waals surface area contributed by atoms with Crippen LogP contribution in [0.25, 0.3) is 0 Å². The van der Waals surface area contributed by atoms with Gasteiger partial charge in [-0.15, -0.1) is 0 Å². The molecule has 0 bridgehead atoms. The number of nitrogens with one attached hydrogen (secondary N) is 1. The highest BCUT2D eigenvalue weighted by Crippen LogP contribution is 2.09. The van der Waals surface area contributed by atoms with Gasteiger partial charge in [0.2, 0.25) is 0 Å². The maximum Gasteiger partial charge on any atom is 0.407 e. The van der Waals surface area contributed by atoms with Crippen molar-refractivity contribution >= 4 is 28.7 Å². The van der Waals surface area contributed by atoms with Crippen LogP contribution in [0, 0.1) is 3.57 Å². The summed E-state index contributed by atoms with van der Waals surface area (Å²) in [6.45, 7) is 2.27. The van der Waals surface area contributed by atoms with Gasteiger partial charge in [-0.2, -0.15) is 0 Å². The monoisotopic (exact) mass is 395 g/mol. The van der Waals surface area contributed by atoms with E-state index in [1.165, 1.54) is 9.13 Å². The maximum absolute atomic E-state index is 11.7. The number of rotatable bonds is 5. The predicted octanol–water partition coefficient (Wildman–Crippen LogP) is 4.15. The van der Waals surface area contributed by atoms with Gasteiger partial charge in [0.05, 0.1) is 0 Å². The number of benzene rings is 2. The van der Waals surface area contributed by atoms with E-state index >= 15 is 0 Å². The van der Waals surface area contributed by atoms with E-state index in [1.54, 1.807) is 0 Å². The van der Waals surface area contributed by atoms with Crippen molar-refractivity contribution < 1.29 is 9.53 Å². The molecule has 2 rings (SSSR count). The van der Waals surface area contributed by atoms with E-state index in [2.05, 4.69) is 52.2 Å². The van der Waals surface area contributed by atoms with Gasteiger partial charge in [0.25, 0.3) is 0 Å². The molecule has 0 aliphatic rings. The summed E-state index contributed by atoms with van der Waals surface area (Å²) in [5, 5.41) is 2.85. The zero-order chi connectivity index (χ0) is 15.1. The number of halogens is 1. The van der Waals surface area contributed by atoms with Crippen molar-refractivity contribution in [2.45, 2.75) is 26.0 Å². The van der Waals surface area contributed by atoms with Crippen LogP contribution in [0.3, 0.4) is 0 Å². The molecule has 0 aromatic heterocycles. The first-order valence-corrected chi connectivity index (χ1v) is 7.93. The normalized spacial score (nSPS) is 11.7. The third-order valence-corrected chi connectivity index (χ3v) is 3.75. The van der Waals surface area contributed by atoms with Crippen molar-refractivity contribution in [2.75, 3.05) is 0 Å². The van der Waals surface area contributed by atoms with Crippen LogP contribution in [0.4, 0.5) is 4.79 Å². The van der Waals surface area contributed by atoms with Crippen LogP contribution in [0.15, 0.2) is 54.6 Å². The summed E-state index contributed by atoms with van der Waals surface area (Å²) in [5.41, 5.74) is 2.18. The van der Waals surface area contributed by atoms with Crippen molar-refractivity contribution in [3.63, 3.8) is 0 Å². The summed E-state index contributed by atoms with van der Waals surface area (Å²) in [5.74, 6) is 0. The van der Waals surface area contributed by atoms with Crippen LogP contribution in [0.2, 0.25) is 0 Å². The number of carbonyl (C=O) groups excluding carboxylic acids is 1. The van der Waals surface area contributed by atoms with E-state index in [9.17, 15) is 4.79 Å². The minimum Gasteiger partial charge on any atom is -0.445 e. The Labute approximate surface area is 138 Å². The number of ether oxygens (including phenoxy) is 1. The Balaban J connectivity index is 1.75. The predicted molar refractivity (Wildman–Crippen MR) is 92.1 cm³/mol. The topological polar surface area (TPSA) is 38.3 Å². The molecule has 21 heavy (non-hydrogen) atoms. The highest BCUT2D eigenvalue weighted by atomic mass is 127. The molecule has 2 aromatic carbocycles. The van der Waals surface area contributed by atoms with Crippen LogP contribution in [0.1, 0.15) is 18.1 Å². The van der Waals surface area contributed by atoms with E-state index in [0.717, 1.165) is 12.0 Å². The molecular formula is C17H18INO2. The van der Waals surface area contributed by atoms with Crippen LogP contribution < -0.4 is 5.32 Å². The number of hydrogen-bond donors (Lipinski definition) is 1. The van der Waals surface area contributed by atoms with Crippen LogP contribution in [0.5, 0.6) is 0 Å². The van der Waals surface area contributed by atoms with E-state index in [0.29, 0.717) is 6.61 Å². The minimum absolute atomic E-state index is 0.0355. The molecule has 0 heterocycles. The number of alkyl carbamates (subject to hydrolysis) is 1. The molecule has 0 radical (unpaired) electrons. The van der Waals surface area contributed by atoms with Gasteiger partial charge in [0.1, 0.15) is 6.61 Å². The second kappa shape index (κ2) is 8.02. The number of hydrogen-bond acceptors (Lipinski definition) is 2. The SMILES string of the molecule is CC(Cc1ccc(I)cc1)NC(=O)OCc1ccccc1. The molecule has 3 nitrogen and oxygen atoms in total. The fourth-order valence-corrected chi connectivity index (χ4v) is 2.35. The van der Waals surface area contributed by atoms with Gasteiger partial charge in [-0.3, -0.25) is 0 Å². The molecule has 1 amide bonds. The third kappa shape index (κ3) is 5.75. The van der Waals surface area contributed by atoms with Gasteiger partial charge < -0.3 is 10.1 Å². The van der Waals surface area contributed by atoms with Gasteiger partial charge in [-0.25, -0.2) is 4.79 Å². The molecule has 1 unspecified atom stereocenters. The third-order valence-electron chi connectivity index (χ3n) is 3.03. The molecule has 2 aromatic rings. The maximum atomic E-state index is 11.7. The zero-order valence-corrected chi connectivity index (χ0v) is 14.0. The van der Waals surface area contributed by atoms with Crippen molar-refractivity contribution in [1.82, 2.24) is 5.32 Å². The lowest BCUT2D eigenvalue weighted by Crippen LogP contribution is -2.34. The lowest BCUT2D eigenvalue weighted by molar-refractivity contribution is 0.136. The Kier molecular flexibility index (Phi) is 6.04. The Morgan fingerprint density at radius 3 is 2.43 bits per heavy atom. The Bertz CT molecular complexity index is 569. The van der Waals surface area contributed by atoms with Crippen molar-refractivity contribution in [3.05, 3.63) is 69.3 Å². The van der Waals surface area contributed by atoms with Crippen molar-refractivity contribution in [2.24, 2.45) is 0 Å². The van der Waals surface area contributed by atoms with E-state index in [1.807, 2.05) is 37.3 Å². The first kappa shape index (κ1) is 15.8. The summed E-state index contributed by atoms with van der Waals surface area (Å²) in [6, 6.07) is 18.0. The molecule has 0 saturated heterocycles. The summed E-state index contributed by atoms with van der Waals surface area (Å²) in [7, 11) is 0. The van der Waals surface area contributed by atoms with Gasteiger partial charge in [0.15, 0.2) is 0 Å². The first-order valence-electron chi connectivity index (χ1n) is 6.85. The molecule has 0 aliphatic carbocycles. The van der Waals surface area contributed by atoms with Gasteiger partial charge in [0, 0.05) is 9.61 Å². The molecular weight excluding hydrogens is 377 g/mol. The number of carbonyl (C=O) groups is 1. The molecule has 110 valence electrons. The fourth-order valence-electron chi connectivity index (χ4n) is 1.99. The molecule has 1 atom stereocenters. The Morgan fingerprint density at radius 1 is 1.10 bits per heavy atom. The quantitative estimate of drug-likeness (QED) is 0.773. The smallest absolute Gasteiger partial charge is 0.407 e. The average molecular weight is 395 g/mol. The second-order valence-electron chi connectivity index (χ2n) is 4.94. The van der Waals surface area contributed by atoms with Crippen LogP contribution in [-0.2, 0) is 17.8 Å². The summed E-state index contributed by atoms with van der Waals surface area (Å²) in [6.07, 6.45) is 0.411. The largest absolute Gasteiger partial charge is 0.445 e. The molecule has 0 aliphatic heterocycles. The van der Waals surface area contributed by atoms with E-state index in [-0.39, 0.29) is 12.1 Å². The van der Waals surface area contributed by atoms with Gasteiger partial charge in [-0.05, 0) is 59.2 Å². The van der Waals surface area contributed by atoms with Crippen molar-refractivity contribution in [1.29, 1.82) is 0 Å². The van der Waals surface area contributed by atoms with Crippen LogP contribution >= 0.6 is 22.6 Å². The molecule has 0 spiro atoms. The highest BCUT2D eigenvalue weighted by Gasteiger charge is 2.09. The van der Waals surface area contributed by atoms with Crippen molar-refractivity contribution in [3.8, 4) is 0 Å². The highest BCUT2D eigenvalue weighted by molar-refractivity contribution is 14.1. The van der Waals surface area contributed by atoms with Crippen LogP contribution in [-0.4, -0.2) is 12.1 Å². The van der Waals surface area contributed by atoms with Gasteiger partial charge >= 0.3 is 6.09 Å². The molecule has 0 saturated carbocycles. The number of amides is 1. The van der Waals surface area contributed by atoms with Gasteiger partial charge in [-0.1, -0.05) is 42.5 Å². The lowest BCUT2D eigenvalue weighted by Gasteiger charge is -2.14. The summed E-state index contributed by atoms with van der Waals surface area (Å²) >= 11 is 2.28. The summed E-state index contributed by atoms with van der Waals surface area (Å²) in [4.78, 5) is 11.7. The molecule has 1 N–H and O–H groups in total. The lowest BCUT2D eigenvalue weighted by atomic mass is 10.1. The van der Waals surface area contributed by atoms with E-state index < -0.39 is 0 Å². The average Bonchev–Trinajstić information content (AvgIpc) is 2.48. The standard InChI is InChI=1S/C17H18INO2/c1-13(11-14-7-9-16(18)10-8-14)19-17(20)21-12-15-5-3-2-4-6-15/h2-10,13H,11-12H2,1H3,(H,19,20).